The van der Waals surface area contributed by atoms with E-state index in [1.807, 2.05) is 0 Å². The molecule has 0 bridgehead atoms. The highest BCUT2D eigenvalue weighted by Gasteiger charge is 2.24. The van der Waals surface area contributed by atoms with Crippen molar-refractivity contribution in [3.05, 3.63) is 23.5 Å². The van der Waals surface area contributed by atoms with Crippen LogP contribution in [-0.4, -0.2) is 6.61 Å². The Bertz CT molecular complexity index is 327. The van der Waals surface area contributed by atoms with Gasteiger partial charge in [0, 0.05) is 5.56 Å². The molecule has 1 aromatic carbocycles. The van der Waals surface area contributed by atoms with Crippen LogP contribution in [0.5, 0.6) is 5.75 Å². The van der Waals surface area contributed by atoms with Gasteiger partial charge >= 0.3 is 0 Å². The van der Waals surface area contributed by atoms with E-state index in [1.165, 1.54) is 6.07 Å². The van der Waals surface area contributed by atoms with E-state index in [-0.39, 0.29) is 17.5 Å². The van der Waals surface area contributed by atoms with Gasteiger partial charge in [0.2, 0.25) is 0 Å². The molecule has 0 amide bonds. The molecule has 0 radical (unpaired) electrons. The highest BCUT2D eigenvalue weighted by Crippen LogP contribution is 2.35. The average molecular weight is 168 g/mol. The number of rotatable bonds is 0. The minimum Gasteiger partial charge on any atom is -0.488 e. The topological polar surface area (TPSA) is 61.3 Å². The lowest BCUT2D eigenvalue weighted by molar-refractivity contribution is 0.320. The Labute approximate surface area is 69.1 Å². The molecule has 1 heterocycles. The Morgan fingerprint density at radius 3 is 3.00 bits per heavy atom. The van der Waals surface area contributed by atoms with Crippen LogP contribution in [0.15, 0.2) is 12.1 Å². The normalized spacial score (nSPS) is 20.3. The molecule has 0 fully saturated rings. The van der Waals surface area contributed by atoms with Crippen LogP contribution in [0, 0.1) is 5.82 Å². The van der Waals surface area contributed by atoms with E-state index in [0.717, 1.165) is 0 Å². The number of benzene rings is 1. The third-order valence-corrected chi connectivity index (χ3v) is 1.96. The first-order chi connectivity index (χ1) is 5.70. The van der Waals surface area contributed by atoms with Crippen LogP contribution in [-0.2, 0) is 0 Å². The van der Waals surface area contributed by atoms with Crippen LogP contribution in [0.1, 0.15) is 11.6 Å². The van der Waals surface area contributed by atoms with Crippen molar-refractivity contribution in [1.82, 2.24) is 0 Å². The van der Waals surface area contributed by atoms with Gasteiger partial charge in [-0.25, -0.2) is 4.39 Å². The molecular weight excluding hydrogens is 159 g/mol. The molecule has 0 unspecified atom stereocenters. The number of hydrogen-bond acceptors (Lipinski definition) is 3. The predicted molar refractivity (Wildman–Crippen MR) is 43.2 cm³/mol. The fraction of sp³-hybridized carbons (Fsp3) is 0.250. The average Bonchev–Trinajstić information content (AvgIpc) is 2.41. The molecule has 64 valence electrons. The van der Waals surface area contributed by atoms with Gasteiger partial charge < -0.3 is 16.2 Å². The Balaban J connectivity index is 2.60. The van der Waals surface area contributed by atoms with Crippen LogP contribution >= 0.6 is 0 Å². The maximum atomic E-state index is 13.2. The van der Waals surface area contributed by atoms with Crippen molar-refractivity contribution >= 4 is 5.69 Å². The van der Waals surface area contributed by atoms with E-state index in [9.17, 15) is 4.39 Å². The summed E-state index contributed by atoms with van der Waals surface area (Å²) in [4.78, 5) is 0. The van der Waals surface area contributed by atoms with E-state index in [0.29, 0.717) is 12.2 Å². The smallest absolute Gasteiger partial charge is 0.188 e. The van der Waals surface area contributed by atoms with Crippen molar-refractivity contribution in [3.63, 3.8) is 0 Å². The third-order valence-electron chi connectivity index (χ3n) is 1.96. The zero-order chi connectivity index (χ0) is 8.72. The monoisotopic (exact) mass is 168 g/mol. The lowest BCUT2D eigenvalue weighted by Crippen LogP contribution is -2.10. The molecule has 0 aromatic heterocycles. The third kappa shape index (κ3) is 0.848. The summed E-state index contributed by atoms with van der Waals surface area (Å²) in [6, 6.07) is 2.98. The van der Waals surface area contributed by atoms with E-state index < -0.39 is 5.82 Å². The zero-order valence-electron chi connectivity index (χ0n) is 6.38. The number of halogens is 1. The van der Waals surface area contributed by atoms with Crippen molar-refractivity contribution in [2.75, 3.05) is 12.3 Å². The molecule has 1 aromatic rings. The molecule has 0 saturated carbocycles. The number of hydrogen-bond donors (Lipinski definition) is 2. The second-order valence-corrected chi connectivity index (χ2v) is 2.80. The van der Waals surface area contributed by atoms with Gasteiger partial charge in [-0.2, -0.15) is 0 Å². The second-order valence-electron chi connectivity index (χ2n) is 2.80. The Morgan fingerprint density at radius 1 is 1.50 bits per heavy atom. The van der Waals surface area contributed by atoms with Gasteiger partial charge in [0.1, 0.15) is 6.61 Å². The molecule has 4 heteroatoms. The van der Waals surface area contributed by atoms with Gasteiger partial charge in [-0.15, -0.1) is 0 Å². The van der Waals surface area contributed by atoms with Crippen LogP contribution in [0.25, 0.3) is 0 Å². The summed E-state index contributed by atoms with van der Waals surface area (Å²) < 4.78 is 18.2. The number of nitrogen functional groups attached to an aromatic ring is 1. The minimum atomic E-state index is -0.500. The summed E-state index contributed by atoms with van der Waals surface area (Å²) in [5.74, 6) is -0.289. The first-order valence-corrected chi connectivity index (χ1v) is 3.66. The molecule has 1 atom stereocenters. The summed E-state index contributed by atoms with van der Waals surface area (Å²) in [5, 5.41) is 0. The first kappa shape index (κ1) is 7.36. The van der Waals surface area contributed by atoms with Crippen molar-refractivity contribution in [1.29, 1.82) is 0 Å². The fourth-order valence-electron chi connectivity index (χ4n) is 1.29. The maximum absolute atomic E-state index is 13.2. The zero-order valence-corrected chi connectivity index (χ0v) is 6.38. The van der Waals surface area contributed by atoms with Gasteiger partial charge in [-0.1, -0.05) is 6.07 Å². The molecule has 0 aliphatic carbocycles. The summed E-state index contributed by atoms with van der Waals surface area (Å²) in [6.07, 6.45) is 0. The summed E-state index contributed by atoms with van der Waals surface area (Å²) in [5.41, 5.74) is 11.8. The Morgan fingerprint density at radius 2 is 2.25 bits per heavy atom. The number of ether oxygens (including phenoxy) is 1. The van der Waals surface area contributed by atoms with Gasteiger partial charge in [-0.3, -0.25) is 0 Å². The molecule has 4 N–H and O–H groups in total. The molecule has 1 aliphatic rings. The van der Waals surface area contributed by atoms with E-state index in [4.69, 9.17) is 16.2 Å². The molecule has 0 saturated heterocycles. The minimum absolute atomic E-state index is 0.0999. The Kier molecular flexibility index (Phi) is 1.44. The lowest BCUT2D eigenvalue weighted by atomic mass is 10.1. The van der Waals surface area contributed by atoms with Crippen LogP contribution in [0.2, 0.25) is 0 Å². The lowest BCUT2D eigenvalue weighted by Gasteiger charge is -2.02. The standard InChI is InChI=1S/C8H9FN2O/c9-7-5(10)2-1-4-6(11)3-12-8(4)7/h1-2,6H,3,10-11H2/t6-/m1/s1. The van der Waals surface area contributed by atoms with Crippen molar-refractivity contribution in [2.45, 2.75) is 6.04 Å². The quantitative estimate of drug-likeness (QED) is 0.563. The van der Waals surface area contributed by atoms with Gasteiger partial charge in [-0.05, 0) is 6.07 Å². The highest BCUT2D eigenvalue weighted by molar-refractivity contribution is 5.52. The SMILES string of the molecule is Nc1ccc2c(c1F)OC[C@H]2N. The number of fused-ring (bicyclic) bond motifs is 1. The number of nitrogens with two attached hydrogens (primary N) is 2. The Hall–Kier alpha value is -1.29. The molecule has 0 spiro atoms. The first-order valence-electron chi connectivity index (χ1n) is 3.66. The van der Waals surface area contributed by atoms with Crippen molar-refractivity contribution < 1.29 is 9.13 Å². The summed E-state index contributed by atoms with van der Waals surface area (Å²) in [7, 11) is 0. The van der Waals surface area contributed by atoms with Gasteiger partial charge in [0.05, 0.1) is 11.7 Å². The summed E-state index contributed by atoms with van der Waals surface area (Å²) >= 11 is 0. The van der Waals surface area contributed by atoms with E-state index in [2.05, 4.69) is 0 Å². The van der Waals surface area contributed by atoms with Crippen molar-refractivity contribution in [3.8, 4) is 5.75 Å². The van der Waals surface area contributed by atoms with Crippen molar-refractivity contribution in [2.24, 2.45) is 5.73 Å². The van der Waals surface area contributed by atoms with Gasteiger partial charge in [0.25, 0.3) is 0 Å². The number of anilines is 1. The molecule has 12 heavy (non-hydrogen) atoms. The predicted octanol–water partition coefficient (Wildman–Crippen LogP) is 0.800. The fourth-order valence-corrected chi connectivity index (χ4v) is 1.29. The maximum Gasteiger partial charge on any atom is 0.188 e. The second kappa shape index (κ2) is 2.35. The molecule has 1 aliphatic heterocycles. The molecule has 3 nitrogen and oxygen atoms in total. The van der Waals surface area contributed by atoms with Crippen LogP contribution in [0.4, 0.5) is 10.1 Å². The van der Waals surface area contributed by atoms with Gasteiger partial charge in [0.15, 0.2) is 11.6 Å². The molecule has 2 rings (SSSR count). The molecular formula is C8H9FN2O. The highest BCUT2D eigenvalue weighted by atomic mass is 19.1. The van der Waals surface area contributed by atoms with Crippen LogP contribution < -0.4 is 16.2 Å². The van der Waals surface area contributed by atoms with Crippen LogP contribution in [0.3, 0.4) is 0 Å². The van der Waals surface area contributed by atoms with E-state index >= 15 is 0 Å². The van der Waals surface area contributed by atoms with E-state index in [1.54, 1.807) is 6.07 Å². The summed E-state index contributed by atoms with van der Waals surface area (Å²) in [6.45, 7) is 0.329. The largest absolute Gasteiger partial charge is 0.488 e.